The van der Waals surface area contributed by atoms with Gasteiger partial charge in [0.15, 0.2) is 12.6 Å². The molecule has 348 valence electrons. The van der Waals surface area contributed by atoms with Crippen molar-refractivity contribution < 1.29 is 47.7 Å². The normalized spacial score (nSPS) is 25.0. The van der Waals surface area contributed by atoms with Crippen molar-refractivity contribution in [2.45, 2.75) is 101 Å². The maximum atomic E-state index is 11.8. The maximum absolute atomic E-state index is 11.8. The summed E-state index contributed by atoms with van der Waals surface area (Å²) < 4.78 is 59.9. The second-order valence-electron chi connectivity index (χ2n) is 16.5. The molecule has 8 rings (SSSR count). The van der Waals surface area contributed by atoms with E-state index >= 15 is 0 Å². The Hall–Kier alpha value is -5.77. The maximum Gasteiger partial charge on any atom is 0.184 e. The van der Waals surface area contributed by atoms with E-state index in [0.29, 0.717) is 6.61 Å². The molecule has 2 fully saturated rings. The van der Waals surface area contributed by atoms with Gasteiger partial charge in [-0.25, -0.2) is 0 Å². The largest absolute Gasteiger partial charge is 0.374 e. The van der Waals surface area contributed by atoms with Gasteiger partial charge in [-0.2, -0.15) is 0 Å². The average molecular weight is 908 g/mol. The fraction of sp³-hybridized carbons (Fsp3) is 0.333. The number of azide groups is 1. The number of nitrogens with zero attached hydrogens (tertiary/aromatic N) is 3. The van der Waals surface area contributed by atoms with Gasteiger partial charge >= 0.3 is 0 Å². The van der Waals surface area contributed by atoms with Crippen molar-refractivity contribution in [3.05, 3.63) is 226 Å². The molecule has 10 atom stereocenters. The summed E-state index contributed by atoms with van der Waals surface area (Å²) in [5, 5.41) is 16.2. The summed E-state index contributed by atoms with van der Waals surface area (Å²) in [6, 6.07) is 57.4. The summed E-state index contributed by atoms with van der Waals surface area (Å²) in [7, 11) is 0. The van der Waals surface area contributed by atoms with Crippen molar-refractivity contribution in [3.8, 4) is 0 Å². The Balaban J connectivity index is 1.15. The van der Waals surface area contributed by atoms with Crippen molar-refractivity contribution in [2.24, 2.45) is 5.11 Å². The molecule has 6 aromatic rings. The molecule has 0 aliphatic carbocycles. The highest BCUT2D eigenvalue weighted by molar-refractivity contribution is 5.18. The molecule has 0 radical (unpaired) electrons. The highest BCUT2D eigenvalue weighted by Gasteiger charge is 2.53. The molecule has 13 heteroatoms. The Morgan fingerprint density at radius 3 is 1.16 bits per heavy atom. The van der Waals surface area contributed by atoms with Gasteiger partial charge in [0.2, 0.25) is 0 Å². The molecule has 0 bridgehead atoms. The van der Waals surface area contributed by atoms with Crippen LogP contribution in [0.2, 0.25) is 0 Å². The zero-order valence-electron chi connectivity index (χ0n) is 37.2. The van der Waals surface area contributed by atoms with E-state index in [9.17, 15) is 10.6 Å². The first-order valence-corrected chi connectivity index (χ1v) is 22.7. The number of aliphatic hydroxyl groups excluding tert-OH is 1. The van der Waals surface area contributed by atoms with Crippen LogP contribution in [-0.2, 0) is 82.3 Å². The number of aliphatic hydroxyl groups is 1. The highest BCUT2D eigenvalue weighted by atomic mass is 16.7. The summed E-state index contributed by atoms with van der Waals surface area (Å²) in [5.74, 6) is 0. The van der Waals surface area contributed by atoms with Crippen LogP contribution < -0.4 is 0 Å². The number of benzene rings is 6. The lowest BCUT2D eigenvalue weighted by Crippen LogP contribution is -2.65. The fourth-order valence-electron chi connectivity index (χ4n) is 8.23. The van der Waals surface area contributed by atoms with Gasteiger partial charge in [0.25, 0.3) is 0 Å². The third-order valence-corrected chi connectivity index (χ3v) is 11.6. The van der Waals surface area contributed by atoms with E-state index < -0.39 is 61.3 Å². The summed E-state index contributed by atoms with van der Waals surface area (Å²) in [4.78, 5) is 3.32. The van der Waals surface area contributed by atoms with Gasteiger partial charge in [-0.1, -0.05) is 187 Å². The molecule has 2 aliphatic heterocycles. The van der Waals surface area contributed by atoms with E-state index in [1.807, 2.05) is 182 Å². The third-order valence-electron chi connectivity index (χ3n) is 11.6. The smallest absolute Gasteiger partial charge is 0.184 e. The topological polar surface area (TPSA) is 152 Å². The summed E-state index contributed by atoms with van der Waals surface area (Å²) in [5.41, 5.74) is 15.8. The SMILES string of the molecule is [N-]=[N+]=N[C@H]1[C@H](O[C@H]2[C@H](OCc3ccccc3)[C@H](OCc3ccccc3)[C@@H](O)O[C@@H]2COCc2ccccc2)O[C@H](COCc2ccccc2)[C@@H](OCc2ccccc2)[C@@H]1OCc1ccccc1. The molecule has 0 unspecified atom stereocenters. The minimum atomic E-state index is -1.44. The fourth-order valence-corrected chi connectivity index (χ4v) is 8.23. The van der Waals surface area contributed by atoms with Crippen LogP contribution in [0.1, 0.15) is 33.4 Å². The van der Waals surface area contributed by atoms with E-state index in [4.69, 9.17) is 42.6 Å². The van der Waals surface area contributed by atoms with Gasteiger partial charge in [0, 0.05) is 4.91 Å². The van der Waals surface area contributed by atoms with Crippen LogP contribution in [0.4, 0.5) is 0 Å². The molecule has 2 heterocycles. The second-order valence-corrected chi connectivity index (χ2v) is 16.5. The first kappa shape index (κ1) is 47.7. The Morgan fingerprint density at radius 1 is 0.418 bits per heavy atom. The van der Waals surface area contributed by atoms with Crippen molar-refractivity contribution in [1.82, 2.24) is 0 Å². The molecule has 6 aromatic carbocycles. The van der Waals surface area contributed by atoms with Crippen LogP contribution in [0.15, 0.2) is 187 Å². The Bertz CT molecular complexity index is 2350. The second kappa shape index (κ2) is 25.4. The predicted molar refractivity (Wildman–Crippen MR) is 250 cm³/mol. The van der Waals surface area contributed by atoms with Crippen LogP contribution in [0.5, 0.6) is 0 Å². The van der Waals surface area contributed by atoms with Crippen molar-refractivity contribution in [3.63, 3.8) is 0 Å². The summed E-state index contributed by atoms with van der Waals surface area (Å²) in [6.07, 6.45) is -9.14. The minimum Gasteiger partial charge on any atom is -0.374 e. The minimum absolute atomic E-state index is 0.00745. The Labute approximate surface area is 391 Å². The number of hydrogen-bond acceptors (Lipinski definition) is 11. The lowest BCUT2D eigenvalue weighted by molar-refractivity contribution is -0.355. The van der Waals surface area contributed by atoms with Crippen LogP contribution in [0.25, 0.3) is 10.4 Å². The molecular weight excluding hydrogens is 851 g/mol. The zero-order valence-corrected chi connectivity index (χ0v) is 37.2. The Morgan fingerprint density at radius 2 is 0.761 bits per heavy atom. The van der Waals surface area contributed by atoms with E-state index in [2.05, 4.69) is 10.0 Å². The predicted octanol–water partition coefficient (Wildman–Crippen LogP) is 9.27. The zero-order chi connectivity index (χ0) is 45.9. The lowest BCUT2D eigenvalue weighted by atomic mass is 9.95. The lowest BCUT2D eigenvalue weighted by Gasteiger charge is -2.49. The Kier molecular flexibility index (Phi) is 18.1. The van der Waals surface area contributed by atoms with E-state index in [-0.39, 0.29) is 46.2 Å². The number of hydrogen-bond donors (Lipinski definition) is 1. The quantitative estimate of drug-likeness (QED) is 0.0374. The molecule has 67 heavy (non-hydrogen) atoms. The van der Waals surface area contributed by atoms with E-state index in [0.717, 1.165) is 33.4 Å². The molecule has 13 nitrogen and oxygen atoms in total. The molecule has 2 saturated heterocycles. The van der Waals surface area contributed by atoms with Crippen LogP contribution in [0.3, 0.4) is 0 Å². The highest BCUT2D eigenvalue weighted by Crippen LogP contribution is 2.36. The first-order chi connectivity index (χ1) is 33.1. The first-order valence-electron chi connectivity index (χ1n) is 22.7. The monoisotopic (exact) mass is 907 g/mol. The van der Waals surface area contributed by atoms with Gasteiger partial charge in [-0.15, -0.1) is 0 Å². The van der Waals surface area contributed by atoms with Crippen molar-refractivity contribution >= 4 is 0 Å². The van der Waals surface area contributed by atoms with Crippen molar-refractivity contribution in [1.29, 1.82) is 0 Å². The van der Waals surface area contributed by atoms with Crippen LogP contribution >= 0.6 is 0 Å². The standard InChI is InChI=1S/C54H57N3O10/c55-57-56-47-50(62-34-42-25-13-4-14-26-42)48(61-33-41-23-11-3-12-24-41)45(37-59-31-39-19-7-1-8-20-39)66-54(47)67-49-46(38-60-32-40-21-9-2-10-22-40)65-53(58)52(64-36-44-29-17-6-18-30-44)51(49)63-35-43-27-15-5-16-28-43/h1-30,45-54,58H,31-38H2/t45-,46-,47-,48-,49-,50-,51+,52+,53+,54+/m1/s1. The summed E-state index contributed by atoms with van der Waals surface area (Å²) in [6.45, 7) is 1.33. The van der Waals surface area contributed by atoms with Crippen LogP contribution in [0, 0.1) is 0 Å². The van der Waals surface area contributed by atoms with E-state index in [1.165, 1.54) is 0 Å². The van der Waals surface area contributed by atoms with E-state index in [1.54, 1.807) is 0 Å². The number of ether oxygens (including phenoxy) is 9. The molecule has 0 spiro atoms. The van der Waals surface area contributed by atoms with Crippen LogP contribution in [-0.4, -0.2) is 79.7 Å². The molecular formula is C54H57N3O10. The molecule has 1 N–H and O–H groups in total. The molecule has 0 aromatic heterocycles. The molecule has 2 aliphatic rings. The number of rotatable bonds is 23. The van der Waals surface area contributed by atoms with Gasteiger partial charge < -0.3 is 47.7 Å². The van der Waals surface area contributed by atoms with Gasteiger partial charge in [-0.3, -0.25) is 0 Å². The molecule has 0 saturated carbocycles. The van der Waals surface area contributed by atoms with Crippen molar-refractivity contribution in [2.75, 3.05) is 13.2 Å². The van der Waals surface area contributed by atoms with Gasteiger partial charge in [0.05, 0.1) is 52.9 Å². The average Bonchev–Trinajstić information content (AvgIpc) is 3.37. The summed E-state index contributed by atoms with van der Waals surface area (Å²) >= 11 is 0. The van der Waals surface area contributed by atoms with Gasteiger partial charge in [-0.05, 0) is 38.9 Å². The third kappa shape index (κ3) is 13.9. The molecule has 0 amide bonds. The van der Waals surface area contributed by atoms with Gasteiger partial charge in [0.1, 0.15) is 48.8 Å².